The van der Waals surface area contributed by atoms with E-state index in [1.165, 1.54) is 13.2 Å². The number of nitrogens with one attached hydrogen (secondary N) is 1. The summed E-state index contributed by atoms with van der Waals surface area (Å²) in [5.74, 6) is 1.02. The average molecular weight is 280 g/mol. The van der Waals surface area contributed by atoms with Gasteiger partial charge in [-0.05, 0) is 30.9 Å². The second-order valence-electron chi connectivity index (χ2n) is 5.09. The highest BCUT2D eigenvalue weighted by molar-refractivity contribution is 5.42. The molecule has 1 fully saturated rings. The van der Waals surface area contributed by atoms with E-state index < -0.39 is 4.92 Å². The molecule has 2 rings (SSSR count). The number of nitro benzene ring substituents is 1. The number of rotatable bonds is 6. The van der Waals surface area contributed by atoms with Gasteiger partial charge in [0.15, 0.2) is 0 Å². The number of nitrogens with zero attached hydrogens (tertiary/aromatic N) is 1. The normalized spacial score (nSPS) is 19.8. The van der Waals surface area contributed by atoms with Crippen molar-refractivity contribution in [2.24, 2.45) is 5.92 Å². The molecule has 0 bridgehead atoms. The molecule has 6 nitrogen and oxygen atoms in total. The van der Waals surface area contributed by atoms with E-state index in [4.69, 9.17) is 9.47 Å². The zero-order valence-electron chi connectivity index (χ0n) is 11.8. The molecule has 110 valence electrons. The Kier molecular flexibility index (Phi) is 4.92. The fraction of sp³-hybridized carbons (Fsp3) is 0.571. The van der Waals surface area contributed by atoms with Crippen LogP contribution in [-0.2, 0) is 11.3 Å². The molecule has 0 radical (unpaired) electrons. The first-order valence-corrected chi connectivity index (χ1v) is 6.73. The third-order valence-electron chi connectivity index (χ3n) is 3.70. The molecule has 1 saturated heterocycles. The minimum atomic E-state index is -0.403. The van der Waals surface area contributed by atoms with Gasteiger partial charge < -0.3 is 14.8 Å². The molecule has 0 aromatic heterocycles. The summed E-state index contributed by atoms with van der Waals surface area (Å²) in [4.78, 5) is 10.5. The Morgan fingerprint density at radius 1 is 1.55 bits per heavy atom. The van der Waals surface area contributed by atoms with Gasteiger partial charge in [0.2, 0.25) is 0 Å². The van der Waals surface area contributed by atoms with Gasteiger partial charge in [0.25, 0.3) is 5.69 Å². The van der Waals surface area contributed by atoms with Crippen LogP contribution >= 0.6 is 0 Å². The molecule has 1 aromatic carbocycles. The molecule has 0 amide bonds. The standard InChI is InChI=1S/C14H20N2O4/c1-10(12-3-4-20-9-12)15-8-11-5-13(16(17)18)7-14(6-11)19-2/h5-7,10,12,15H,3-4,8-9H2,1-2H3. The second kappa shape index (κ2) is 6.67. The van der Waals surface area contributed by atoms with Gasteiger partial charge in [0.05, 0.1) is 24.7 Å². The van der Waals surface area contributed by atoms with Crippen LogP contribution in [0, 0.1) is 16.0 Å². The minimum absolute atomic E-state index is 0.0537. The fourth-order valence-corrected chi connectivity index (χ4v) is 2.36. The van der Waals surface area contributed by atoms with E-state index in [1.54, 1.807) is 6.07 Å². The summed E-state index contributed by atoms with van der Waals surface area (Å²) < 4.78 is 10.5. The number of benzene rings is 1. The Morgan fingerprint density at radius 2 is 2.35 bits per heavy atom. The van der Waals surface area contributed by atoms with Crippen molar-refractivity contribution in [2.75, 3.05) is 20.3 Å². The molecule has 0 spiro atoms. The van der Waals surface area contributed by atoms with Crippen molar-refractivity contribution in [1.82, 2.24) is 5.32 Å². The summed E-state index contributed by atoms with van der Waals surface area (Å²) >= 11 is 0. The molecular weight excluding hydrogens is 260 g/mol. The van der Waals surface area contributed by atoms with E-state index in [0.29, 0.717) is 24.3 Å². The summed E-state index contributed by atoms with van der Waals surface area (Å²) in [5.41, 5.74) is 0.903. The number of hydrogen-bond donors (Lipinski definition) is 1. The van der Waals surface area contributed by atoms with Crippen molar-refractivity contribution in [3.05, 3.63) is 33.9 Å². The zero-order valence-corrected chi connectivity index (χ0v) is 11.8. The highest BCUT2D eigenvalue weighted by Crippen LogP contribution is 2.23. The lowest BCUT2D eigenvalue weighted by atomic mass is 10.0. The highest BCUT2D eigenvalue weighted by Gasteiger charge is 2.22. The number of hydrogen-bond acceptors (Lipinski definition) is 5. The summed E-state index contributed by atoms with van der Waals surface area (Å²) in [5, 5.41) is 14.3. The lowest BCUT2D eigenvalue weighted by Crippen LogP contribution is -2.33. The van der Waals surface area contributed by atoms with Crippen molar-refractivity contribution in [1.29, 1.82) is 0 Å². The van der Waals surface area contributed by atoms with E-state index in [-0.39, 0.29) is 5.69 Å². The smallest absolute Gasteiger partial charge is 0.273 e. The lowest BCUT2D eigenvalue weighted by molar-refractivity contribution is -0.385. The summed E-state index contributed by atoms with van der Waals surface area (Å²) in [7, 11) is 1.51. The number of methoxy groups -OCH3 is 1. The molecule has 20 heavy (non-hydrogen) atoms. The summed E-state index contributed by atoms with van der Waals surface area (Å²) in [6.45, 7) is 4.30. The van der Waals surface area contributed by atoms with E-state index in [9.17, 15) is 10.1 Å². The highest BCUT2D eigenvalue weighted by atomic mass is 16.6. The molecule has 2 unspecified atom stereocenters. The molecule has 1 aromatic rings. The maximum absolute atomic E-state index is 10.9. The minimum Gasteiger partial charge on any atom is -0.496 e. The second-order valence-corrected chi connectivity index (χ2v) is 5.09. The third kappa shape index (κ3) is 3.68. The van der Waals surface area contributed by atoms with Crippen molar-refractivity contribution in [3.63, 3.8) is 0 Å². The van der Waals surface area contributed by atoms with Crippen LogP contribution in [-0.4, -0.2) is 31.3 Å². The fourth-order valence-electron chi connectivity index (χ4n) is 2.36. The molecular formula is C14H20N2O4. The van der Waals surface area contributed by atoms with Gasteiger partial charge in [-0.3, -0.25) is 10.1 Å². The molecule has 1 heterocycles. The van der Waals surface area contributed by atoms with Crippen LogP contribution in [0.2, 0.25) is 0 Å². The molecule has 0 aliphatic carbocycles. The molecule has 6 heteroatoms. The topological polar surface area (TPSA) is 73.6 Å². The maximum Gasteiger partial charge on any atom is 0.273 e. The Balaban J connectivity index is 2.00. The van der Waals surface area contributed by atoms with Crippen LogP contribution in [0.15, 0.2) is 18.2 Å². The van der Waals surface area contributed by atoms with Crippen LogP contribution in [0.1, 0.15) is 18.9 Å². The number of non-ortho nitro benzene ring substituents is 1. The lowest BCUT2D eigenvalue weighted by Gasteiger charge is -2.19. The Bertz CT molecular complexity index is 472. The molecule has 2 atom stereocenters. The largest absolute Gasteiger partial charge is 0.496 e. The van der Waals surface area contributed by atoms with E-state index >= 15 is 0 Å². The first kappa shape index (κ1) is 14.7. The molecule has 1 aliphatic rings. The van der Waals surface area contributed by atoms with Crippen LogP contribution in [0.4, 0.5) is 5.69 Å². The van der Waals surface area contributed by atoms with Crippen LogP contribution in [0.5, 0.6) is 5.75 Å². The van der Waals surface area contributed by atoms with Gasteiger partial charge in [0.1, 0.15) is 5.75 Å². The molecule has 1 aliphatic heterocycles. The predicted molar refractivity (Wildman–Crippen MR) is 74.9 cm³/mol. The SMILES string of the molecule is COc1cc(CNC(C)C2CCOC2)cc([N+](=O)[O-])c1. The van der Waals surface area contributed by atoms with E-state index in [1.807, 2.05) is 6.07 Å². The maximum atomic E-state index is 10.9. The van der Waals surface area contributed by atoms with Crippen LogP contribution < -0.4 is 10.1 Å². The van der Waals surface area contributed by atoms with Gasteiger partial charge in [-0.15, -0.1) is 0 Å². The first-order chi connectivity index (χ1) is 9.60. The molecule has 0 saturated carbocycles. The van der Waals surface area contributed by atoms with Crippen molar-refractivity contribution in [3.8, 4) is 5.75 Å². The van der Waals surface area contributed by atoms with Crippen molar-refractivity contribution >= 4 is 5.69 Å². The Morgan fingerprint density at radius 3 is 2.95 bits per heavy atom. The molecule has 1 N–H and O–H groups in total. The Hall–Kier alpha value is -1.66. The van der Waals surface area contributed by atoms with Crippen molar-refractivity contribution in [2.45, 2.75) is 25.9 Å². The number of ether oxygens (including phenoxy) is 2. The van der Waals surface area contributed by atoms with E-state index in [0.717, 1.165) is 25.2 Å². The zero-order chi connectivity index (χ0) is 14.5. The van der Waals surface area contributed by atoms with Gasteiger partial charge >= 0.3 is 0 Å². The van der Waals surface area contributed by atoms with Gasteiger partial charge in [-0.1, -0.05) is 0 Å². The third-order valence-corrected chi connectivity index (χ3v) is 3.70. The number of nitro groups is 1. The predicted octanol–water partition coefficient (Wildman–Crippen LogP) is 2.12. The Labute approximate surface area is 118 Å². The quantitative estimate of drug-likeness (QED) is 0.638. The van der Waals surface area contributed by atoms with Crippen LogP contribution in [0.25, 0.3) is 0 Å². The monoisotopic (exact) mass is 280 g/mol. The summed E-state index contributed by atoms with van der Waals surface area (Å²) in [6, 6.07) is 5.14. The van der Waals surface area contributed by atoms with Gasteiger partial charge in [-0.2, -0.15) is 0 Å². The summed E-state index contributed by atoms with van der Waals surface area (Å²) in [6.07, 6.45) is 1.06. The van der Waals surface area contributed by atoms with Gasteiger partial charge in [0, 0.05) is 25.3 Å². The van der Waals surface area contributed by atoms with Crippen LogP contribution in [0.3, 0.4) is 0 Å². The van der Waals surface area contributed by atoms with Gasteiger partial charge in [-0.25, -0.2) is 0 Å². The first-order valence-electron chi connectivity index (χ1n) is 6.73. The van der Waals surface area contributed by atoms with E-state index in [2.05, 4.69) is 12.2 Å². The van der Waals surface area contributed by atoms with Crippen molar-refractivity contribution < 1.29 is 14.4 Å². The average Bonchev–Trinajstić information content (AvgIpc) is 2.98.